The van der Waals surface area contributed by atoms with Gasteiger partial charge in [0.2, 0.25) is 0 Å². The van der Waals surface area contributed by atoms with Crippen LogP contribution in [0.25, 0.3) is 0 Å². The summed E-state index contributed by atoms with van der Waals surface area (Å²) >= 11 is 0. The van der Waals surface area contributed by atoms with E-state index in [0.717, 1.165) is 19.6 Å². The molecular weight excluding hydrogens is 224 g/mol. The molecule has 0 aliphatic carbocycles. The molecule has 3 nitrogen and oxygen atoms in total. The molecule has 1 fully saturated rings. The third kappa shape index (κ3) is 3.47. The van der Waals surface area contributed by atoms with E-state index in [-0.39, 0.29) is 5.54 Å². The smallest absolute Gasteiger partial charge is 0.0713 e. The highest BCUT2D eigenvalue weighted by atomic mass is 16.5. The summed E-state index contributed by atoms with van der Waals surface area (Å²) in [6.45, 7) is 8.50. The maximum Gasteiger partial charge on any atom is 0.0713 e. The SMILES string of the molecule is COCc1ccc(N2CCCNC(C)(C)C2)cc1. The first-order valence-corrected chi connectivity index (χ1v) is 6.69. The van der Waals surface area contributed by atoms with Gasteiger partial charge >= 0.3 is 0 Å². The van der Waals surface area contributed by atoms with Crippen molar-refractivity contribution < 1.29 is 4.74 Å². The van der Waals surface area contributed by atoms with E-state index in [1.54, 1.807) is 7.11 Å². The molecule has 3 heteroatoms. The van der Waals surface area contributed by atoms with Crippen LogP contribution in [0.5, 0.6) is 0 Å². The fourth-order valence-electron chi connectivity index (χ4n) is 2.50. The Labute approximate surface area is 110 Å². The summed E-state index contributed by atoms with van der Waals surface area (Å²) in [6, 6.07) is 8.72. The number of methoxy groups -OCH3 is 1. The zero-order valence-corrected chi connectivity index (χ0v) is 11.7. The molecule has 0 amide bonds. The van der Waals surface area contributed by atoms with Crippen LogP contribution in [-0.4, -0.2) is 32.3 Å². The minimum Gasteiger partial charge on any atom is -0.380 e. The normalized spacial score (nSPS) is 19.6. The van der Waals surface area contributed by atoms with Gasteiger partial charge < -0.3 is 15.0 Å². The van der Waals surface area contributed by atoms with Gasteiger partial charge in [-0.25, -0.2) is 0 Å². The Hall–Kier alpha value is -1.06. The van der Waals surface area contributed by atoms with E-state index >= 15 is 0 Å². The lowest BCUT2D eigenvalue weighted by atomic mass is 10.1. The van der Waals surface area contributed by atoms with Crippen LogP contribution in [0.1, 0.15) is 25.8 Å². The Bertz CT molecular complexity index is 373. The number of nitrogens with one attached hydrogen (secondary N) is 1. The summed E-state index contributed by atoms with van der Waals surface area (Å²) in [5, 5.41) is 3.59. The fraction of sp³-hybridized carbons (Fsp3) is 0.600. The zero-order valence-electron chi connectivity index (χ0n) is 11.7. The lowest BCUT2D eigenvalue weighted by Crippen LogP contribution is -2.46. The number of rotatable bonds is 3. The van der Waals surface area contributed by atoms with Crippen molar-refractivity contribution in [3.05, 3.63) is 29.8 Å². The predicted molar refractivity (Wildman–Crippen MR) is 76.1 cm³/mol. The van der Waals surface area contributed by atoms with E-state index in [9.17, 15) is 0 Å². The summed E-state index contributed by atoms with van der Waals surface area (Å²) in [6.07, 6.45) is 1.20. The van der Waals surface area contributed by atoms with Gasteiger partial charge in [-0.1, -0.05) is 12.1 Å². The molecular formula is C15H24N2O. The van der Waals surface area contributed by atoms with Gasteiger partial charge in [-0.05, 0) is 44.5 Å². The second-order valence-electron chi connectivity index (χ2n) is 5.69. The number of ether oxygens (including phenoxy) is 1. The van der Waals surface area contributed by atoms with E-state index in [1.807, 2.05) is 0 Å². The minimum absolute atomic E-state index is 0.182. The molecule has 0 spiro atoms. The molecule has 18 heavy (non-hydrogen) atoms. The quantitative estimate of drug-likeness (QED) is 0.889. The fourth-order valence-corrected chi connectivity index (χ4v) is 2.50. The molecule has 1 heterocycles. The molecule has 0 aromatic heterocycles. The lowest BCUT2D eigenvalue weighted by Gasteiger charge is -2.31. The van der Waals surface area contributed by atoms with Gasteiger partial charge in [0, 0.05) is 31.4 Å². The molecule has 100 valence electrons. The number of benzene rings is 1. The van der Waals surface area contributed by atoms with Crippen molar-refractivity contribution in [1.82, 2.24) is 5.32 Å². The first-order chi connectivity index (χ1) is 8.61. The van der Waals surface area contributed by atoms with Crippen LogP contribution in [0, 0.1) is 0 Å². The first-order valence-electron chi connectivity index (χ1n) is 6.69. The second-order valence-corrected chi connectivity index (χ2v) is 5.69. The third-order valence-electron chi connectivity index (χ3n) is 3.41. The molecule has 0 atom stereocenters. The van der Waals surface area contributed by atoms with E-state index in [2.05, 4.69) is 48.3 Å². The molecule has 0 saturated carbocycles. The van der Waals surface area contributed by atoms with Crippen LogP contribution in [0.15, 0.2) is 24.3 Å². The third-order valence-corrected chi connectivity index (χ3v) is 3.41. The summed E-state index contributed by atoms with van der Waals surface area (Å²) < 4.78 is 5.14. The Morgan fingerprint density at radius 2 is 2.00 bits per heavy atom. The van der Waals surface area contributed by atoms with Crippen molar-refractivity contribution in [2.45, 2.75) is 32.4 Å². The highest BCUT2D eigenvalue weighted by Gasteiger charge is 2.23. The van der Waals surface area contributed by atoms with Crippen LogP contribution in [0.2, 0.25) is 0 Å². The molecule has 1 aromatic carbocycles. The Morgan fingerprint density at radius 1 is 1.28 bits per heavy atom. The van der Waals surface area contributed by atoms with E-state index in [0.29, 0.717) is 6.61 Å². The highest BCUT2D eigenvalue weighted by Crippen LogP contribution is 2.20. The van der Waals surface area contributed by atoms with Crippen molar-refractivity contribution in [1.29, 1.82) is 0 Å². The molecule has 1 N–H and O–H groups in total. The van der Waals surface area contributed by atoms with Gasteiger partial charge in [-0.2, -0.15) is 0 Å². The van der Waals surface area contributed by atoms with E-state index in [1.165, 1.54) is 17.7 Å². The highest BCUT2D eigenvalue weighted by molar-refractivity contribution is 5.48. The number of nitrogens with zero attached hydrogens (tertiary/aromatic N) is 1. The van der Waals surface area contributed by atoms with Crippen molar-refractivity contribution in [3.63, 3.8) is 0 Å². The standard InChI is InChI=1S/C15H24N2O/c1-15(2)12-17(10-4-9-16-15)14-7-5-13(6-8-14)11-18-3/h5-8,16H,4,9-12H2,1-3H3. The van der Waals surface area contributed by atoms with Gasteiger partial charge in [0.1, 0.15) is 0 Å². The Kier molecular flexibility index (Phi) is 4.25. The monoisotopic (exact) mass is 248 g/mol. The number of hydrogen-bond acceptors (Lipinski definition) is 3. The predicted octanol–water partition coefficient (Wildman–Crippen LogP) is 2.41. The maximum absolute atomic E-state index is 5.14. The van der Waals surface area contributed by atoms with Crippen LogP contribution < -0.4 is 10.2 Å². The number of hydrogen-bond donors (Lipinski definition) is 1. The summed E-state index contributed by atoms with van der Waals surface area (Å²) in [7, 11) is 1.73. The Balaban J connectivity index is 2.09. The molecule has 1 aromatic rings. The maximum atomic E-state index is 5.14. The van der Waals surface area contributed by atoms with Crippen molar-refractivity contribution >= 4 is 5.69 Å². The van der Waals surface area contributed by atoms with Gasteiger partial charge in [-0.15, -0.1) is 0 Å². The molecule has 0 radical (unpaired) electrons. The van der Waals surface area contributed by atoms with Gasteiger partial charge in [0.25, 0.3) is 0 Å². The van der Waals surface area contributed by atoms with E-state index in [4.69, 9.17) is 4.74 Å². The average molecular weight is 248 g/mol. The molecule has 2 rings (SSSR count). The largest absolute Gasteiger partial charge is 0.380 e. The second kappa shape index (κ2) is 5.72. The van der Waals surface area contributed by atoms with Crippen LogP contribution >= 0.6 is 0 Å². The Morgan fingerprint density at radius 3 is 2.67 bits per heavy atom. The first kappa shape index (κ1) is 13.4. The molecule has 1 aliphatic heterocycles. The van der Waals surface area contributed by atoms with Crippen molar-refractivity contribution in [2.75, 3.05) is 31.6 Å². The summed E-state index contributed by atoms with van der Waals surface area (Å²) in [4.78, 5) is 2.47. The lowest BCUT2D eigenvalue weighted by molar-refractivity contribution is 0.185. The zero-order chi connectivity index (χ0) is 13.0. The number of anilines is 1. The van der Waals surface area contributed by atoms with Crippen LogP contribution in [-0.2, 0) is 11.3 Å². The minimum atomic E-state index is 0.182. The molecule has 1 saturated heterocycles. The van der Waals surface area contributed by atoms with Gasteiger partial charge in [-0.3, -0.25) is 0 Å². The average Bonchev–Trinajstić information content (AvgIpc) is 2.52. The summed E-state index contributed by atoms with van der Waals surface area (Å²) in [5.74, 6) is 0. The van der Waals surface area contributed by atoms with Crippen LogP contribution in [0.4, 0.5) is 5.69 Å². The molecule has 0 unspecified atom stereocenters. The topological polar surface area (TPSA) is 24.5 Å². The molecule has 1 aliphatic rings. The van der Waals surface area contributed by atoms with Crippen LogP contribution in [0.3, 0.4) is 0 Å². The summed E-state index contributed by atoms with van der Waals surface area (Å²) in [5.41, 5.74) is 2.72. The van der Waals surface area contributed by atoms with E-state index < -0.39 is 0 Å². The van der Waals surface area contributed by atoms with Crippen molar-refractivity contribution in [2.24, 2.45) is 0 Å². The van der Waals surface area contributed by atoms with Gasteiger partial charge in [0.15, 0.2) is 0 Å². The van der Waals surface area contributed by atoms with Gasteiger partial charge in [0.05, 0.1) is 6.61 Å². The molecule has 0 bridgehead atoms. The van der Waals surface area contributed by atoms with Crippen molar-refractivity contribution in [3.8, 4) is 0 Å².